The lowest BCUT2D eigenvalue weighted by atomic mass is 9.97. The van der Waals surface area contributed by atoms with E-state index in [1.54, 1.807) is 14.2 Å². The van der Waals surface area contributed by atoms with E-state index in [2.05, 4.69) is 54.7 Å². The first-order chi connectivity index (χ1) is 16.4. The van der Waals surface area contributed by atoms with Crippen molar-refractivity contribution in [2.75, 3.05) is 41.4 Å². The SMILES string of the molecule is COc1cc(OCc2cccc(-c3ccccc3)c2C)cc(OC)c1CNCC(O)CN(C)C. The number of likely N-dealkylation sites (N-methyl/N-ethyl adjacent to an activating group) is 1. The van der Waals surface area contributed by atoms with Crippen LogP contribution in [0.15, 0.2) is 60.7 Å². The van der Waals surface area contributed by atoms with Gasteiger partial charge in [0, 0.05) is 31.8 Å². The molecule has 2 N–H and O–H groups in total. The van der Waals surface area contributed by atoms with Gasteiger partial charge in [-0.15, -0.1) is 0 Å². The monoisotopic (exact) mass is 464 g/mol. The number of aliphatic hydroxyl groups excluding tert-OH is 1. The molecular weight excluding hydrogens is 428 g/mol. The minimum atomic E-state index is -0.454. The summed E-state index contributed by atoms with van der Waals surface area (Å²) < 4.78 is 17.4. The predicted molar refractivity (Wildman–Crippen MR) is 137 cm³/mol. The van der Waals surface area contributed by atoms with Gasteiger partial charge in [-0.3, -0.25) is 0 Å². The van der Waals surface area contributed by atoms with Crippen LogP contribution in [0, 0.1) is 6.92 Å². The van der Waals surface area contributed by atoms with Gasteiger partial charge in [0.15, 0.2) is 0 Å². The van der Waals surface area contributed by atoms with Gasteiger partial charge in [-0.25, -0.2) is 0 Å². The van der Waals surface area contributed by atoms with Crippen LogP contribution in [0.25, 0.3) is 11.1 Å². The first kappa shape index (κ1) is 25.6. The minimum absolute atomic E-state index is 0.438. The lowest BCUT2D eigenvalue weighted by Crippen LogP contribution is -2.34. The van der Waals surface area contributed by atoms with Gasteiger partial charge in [-0.1, -0.05) is 48.5 Å². The highest BCUT2D eigenvalue weighted by molar-refractivity contribution is 5.68. The van der Waals surface area contributed by atoms with Crippen LogP contribution in [0.5, 0.6) is 17.2 Å². The summed E-state index contributed by atoms with van der Waals surface area (Å²) >= 11 is 0. The Labute approximate surface area is 203 Å². The van der Waals surface area contributed by atoms with Crippen LogP contribution in [-0.4, -0.2) is 57.5 Å². The van der Waals surface area contributed by atoms with Gasteiger partial charge in [-0.2, -0.15) is 0 Å². The minimum Gasteiger partial charge on any atom is -0.496 e. The maximum atomic E-state index is 10.1. The van der Waals surface area contributed by atoms with Crippen molar-refractivity contribution in [3.05, 3.63) is 77.4 Å². The summed E-state index contributed by atoms with van der Waals surface area (Å²) in [7, 11) is 7.15. The number of benzene rings is 3. The van der Waals surface area contributed by atoms with Crippen molar-refractivity contribution in [3.8, 4) is 28.4 Å². The fraction of sp³-hybridized carbons (Fsp3) is 0.357. The highest BCUT2D eigenvalue weighted by Crippen LogP contribution is 2.35. The second-order valence-corrected chi connectivity index (χ2v) is 8.60. The fourth-order valence-corrected chi connectivity index (χ4v) is 4.00. The molecule has 6 nitrogen and oxygen atoms in total. The Morgan fingerprint density at radius 1 is 0.941 bits per heavy atom. The van der Waals surface area contributed by atoms with Gasteiger partial charge in [0.05, 0.1) is 25.9 Å². The van der Waals surface area contributed by atoms with Crippen molar-refractivity contribution in [2.45, 2.75) is 26.2 Å². The van der Waals surface area contributed by atoms with Crippen LogP contribution in [-0.2, 0) is 13.2 Å². The molecule has 182 valence electrons. The van der Waals surface area contributed by atoms with Crippen molar-refractivity contribution in [2.24, 2.45) is 0 Å². The Morgan fingerprint density at radius 2 is 1.62 bits per heavy atom. The Bertz CT molecular complexity index is 1030. The predicted octanol–water partition coefficient (Wildman–Crippen LogP) is 4.27. The maximum Gasteiger partial charge on any atom is 0.130 e. The number of hydrogen-bond donors (Lipinski definition) is 2. The molecule has 0 aliphatic carbocycles. The molecule has 0 amide bonds. The Balaban J connectivity index is 1.72. The molecule has 0 aliphatic heterocycles. The van der Waals surface area contributed by atoms with Gasteiger partial charge >= 0.3 is 0 Å². The quantitative estimate of drug-likeness (QED) is 0.417. The van der Waals surface area contributed by atoms with Gasteiger partial charge in [0.25, 0.3) is 0 Å². The number of methoxy groups -OCH3 is 2. The van der Waals surface area contributed by atoms with E-state index in [0.717, 1.165) is 11.1 Å². The van der Waals surface area contributed by atoms with E-state index in [4.69, 9.17) is 14.2 Å². The topological polar surface area (TPSA) is 63.2 Å². The highest BCUT2D eigenvalue weighted by Gasteiger charge is 2.15. The Hall–Kier alpha value is -3.06. The number of aliphatic hydroxyl groups is 1. The van der Waals surface area contributed by atoms with Gasteiger partial charge < -0.3 is 29.5 Å². The molecule has 0 saturated heterocycles. The van der Waals surface area contributed by atoms with E-state index >= 15 is 0 Å². The summed E-state index contributed by atoms with van der Waals surface area (Å²) in [5.74, 6) is 2.03. The third-order valence-corrected chi connectivity index (χ3v) is 5.76. The first-order valence-corrected chi connectivity index (χ1v) is 11.5. The third-order valence-electron chi connectivity index (χ3n) is 5.76. The standard InChI is InChI=1S/C28H36N2O4/c1-20-22(12-9-13-25(20)21-10-7-6-8-11-21)19-34-24-14-27(32-4)26(28(15-24)33-5)17-29-16-23(31)18-30(2)3/h6-15,23,29,31H,16-19H2,1-5H3. The number of nitrogens with zero attached hydrogens (tertiary/aromatic N) is 1. The molecule has 0 bridgehead atoms. The van der Waals surface area contributed by atoms with Crippen molar-refractivity contribution in [1.82, 2.24) is 10.2 Å². The van der Waals surface area contributed by atoms with E-state index in [1.807, 2.05) is 37.2 Å². The largest absolute Gasteiger partial charge is 0.496 e. The zero-order valence-electron chi connectivity index (χ0n) is 20.8. The molecule has 1 unspecified atom stereocenters. The van der Waals surface area contributed by atoms with Crippen LogP contribution in [0.4, 0.5) is 0 Å². The van der Waals surface area contributed by atoms with Crippen molar-refractivity contribution in [3.63, 3.8) is 0 Å². The average molecular weight is 465 g/mol. The van der Waals surface area contributed by atoms with Gasteiger partial charge in [-0.05, 0) is 43.3 Å². The number of nitrogens with one attached hydrogen (secondary N) is 1. The maximum absolute atomic E-state index is 10.1. The van der Waals surface area contributed by atoms with Crippen LogP contribution >= 0.6 is 0 Å². The van der Waals surface area contributed by atoms with E-state index < -0.39 is 6.10 Å². The van der Waals surface area contributed by atoms with Crippen LogP contribution in [0.1, 0.15) is 16.7 Å². The fourth-order valence-electron chi connectivity index (χ4n) is 4.00. The van der Waals surface area contributed by atoms with E-state index in [0.29, 0.717) is 43.5 Å². The number of rotatable bonds is 12. The lowest BCUT2D eigenvalue weighted by molar-refractivity contribution is 0.134. The van der Waals surface area contributed by atoms with E-state index in [-0.39, 0.29) is 0 Å². The molecule has 0 aromatic heterocycles. The molecule has 0 radical (unpaired) electrons. The molecule has 3 aromatic rings. The van der Waals surface area contributed by atoms with Crippen LogP contribution in [0.2, 0.25) is 0 Å². The lowest BCUT2D eigenvalue weighted by Gasteiger charge is -2.19. The third kappa shape index (κ3) is 6.73. The summed E-state index contributed by atoms with van der Waals surface area (Å²) in [6.45, 7) is 4.14. The Morgan fingerprint density at radius 3 is 2.24 bits per heavy atom. The van der Waals surface area contributed by atoms with Gasteiger partial charge in [0.1, 0.15) is 23.9 Å². The summed E-state index contributed by atoms with van der Waals surface area (Å²) in [6.07, 6.45) is -0.454. The number of hydrogen-bond acceptors (Lipinski definition) is 6. The molecular formula is C28H36N2O4. The molecule has 0 heterocycles. The summed E-state index contributed by atoms with van der Waals surface area (Å²) in [5, 5.41) is 13.4. The van der Waals surface area contributed by atoms with Crippen LogP contribution in [0.3, 0.4) is 0 Å². The molecule has 3 aromatic carbocycles. The Kier molecular flexibility index (Phi) is 9.33. The van der Waals surface area contributed by atoms with Gasteiger partial charge in [0.2, 0.25) is 0 Å². The van der Waals surface area contributed by atoms with Crippen LogP contribution < -0.4 is 19.5 Å². The zero-order chi connectivity index (χ0) is 24.5. The highest BCUT2D eigenvalue weighted by atomic mass is 16.5. The van der Waals surface area contributed by atoms with Crippen molar-refractivity contribution >= 4 is 0 Å². The first-order valence-electron chi connectivity index (χ1n) is 11.5. The molecule has 0 spiro atoms. The van der Waals surface area contributed by atoms with Crippen molar-refractivity contribution in [1.29, 1.82) is 0 Å². The smallest absolute Gasteiger partial charge is 0.130 e. The zero-order valence-corrected chi connectivity index (χ0v) is 20.8. The van der Waals surface area contributed by atoms with E-state index in [1.165, 1.54) is 16.7 Å². The molecule has 0 fully saturated rings. The molecule has 3 rings (SSSR count). The second-order valence-electron chi connectivity index (χ2n) is 8.60. The summed E-state index contributed by atoms with van der Waals surface area (Å²) in [6, 6.07) is 20.4. The average Bonchev–Trinajstić information content (AvgIpc) is 2.83. The molecule has 34 heavy (non-hydrogen) atoms. The van der Waals surface area contributed by atoms with Crippen molar-refractivity contribution < 1.29 is 19.3 Å². The summed E-state index contributed by atoms with van der Waals surface area (Å²) in [5.41, 5.74) is 5.61. The summed E-state index contributed by atoms with van der Waals surface area (Å²) in [4.78, 5) is 1.96. The molecule has 0 saturated carbocycles. The van der Waals surface area contributed by atoms with E-state index in [9.17, 15) is 5.11 Å². The number of ether oxygens (including phenoxy) is 3. The molecule has 6 heteroatoms. The molecule has 1 atom stereocenters. The molecule has 0 aliphatic rings. The normalized spacial score (nSPS) is 12.0. The second kappa shape index (κ2) is 12.4.